The second-order valence-corrected chi connectivity index (χ2v) is 5.21. The first-order valence-electron chi connectivity index (χ1n) is 5.91. The Hall–Kier alpha value is -1.22. The van der Waals surface area contributed by atoms with E-state index < -0.39 is 0 Å². The molecule has 0 spiro atoms. The van der Waals surface area contributed by atoms with E-state index in [4.69, 9.17) is 17.3 Å². The lowest BCUT2D eigenvalue weighted by Crippen LogP contribution is -2.37. The van der Waals surface area contributed by atoms with Crippen LogP contribution in [0.25, 0.3) is 0 Å². The summed E-state index contributed by atoms with van der Waals surface area (Å²) in [6.07, 6.45) is 1.06. The third kappa shape index (κ3) is 3.37. The molecule has 1 aromatic carbocycles. The van der Waals surface area contributed by atoms with Crippen LogP contribution in [-0.4, -0.2) is 18.0 Å². The van der Waals surface area contributed by atoms with E-state index in [1.807, 2.05) is 32.0 Å². The molecule has 0 bridgehead atoms. The molecule has 2 unspecified atom stereocenters. The molecule has 0 aromatic heterocycles. The van der Waals surface area contributed by atoms with Crippen molar-refractivity contribution in [2.24, 2.45) is 10.7 Å². The van der Waals surface area contributed by atoms with Gasteiger partial charge in [0.15, 0.2) is 5.96 Å². The van der Waals surface area contributed by atoms with Crippen LogP contribution in [0.4, 0.5) is 0 Å². The van der Waals surface area contributed by atoms with Gasteiger partial charge >= 0.3 is 0 Å². The average Bonchev–Trinajstić information content (AvgIpc) is 2.95. The number of aliphatic imine (C=N–C) groups is 1. The van der Waals surface area contributed by atoms with Crippen molar-refractivity contribution in [3.8, 4) is 0 Å². The number of nitrogens with two attached hydrogens (primary N) is 1. The van der Waals surface area contributed by atoms with Crippen molar-refractivity contribution < 1.29 is 0 Å². The Morgan fingerprint density at radius 3 is 2.94 bits per heavy atom. The summed E-state index contributed by atoms with van der Waals surface area (Å²) in [7, 11) is 0. The molecule has 2 atom stereocenters. The fourth-order valence-electron chi connectivity index (χ4n) is 1.93. The summed E-state index contributed by atoms with van der Waals surface area (Å²) in [6, 6.07) is 8.60. The summed E-state index contributed by atoms with van der Waals surface area (Å²) in [5, 5.41) is 3.88. The summed E-state index contributed by atoms with van der Waals surface area (Å²) in [5.41, 5.74) is 7.05. The van der Waals surface area contributed by atoms with Gasteiger partial charge in [0.25, 0.3) is 0 Å². The molecule has 0 radical (unpaired) electrons. The molecule has 1 aliphatic rings. The van der Waals surface area contributed by atoms with Gasteiger partial charge in [0.05, 0.1) is 6.04 Å². The first kappa shape index (κ1) is 12.2. The van der Waals surface area contributed by atoms with Crippen LogP contribution in [0.2, 0.25) is 5.02 Å². The Labute approximate surface area is 107 Å². The lowest BCUT2D eigenvalue weighted by atomic mass is 10.1. The Kier molecular flexibility index (Phi) is 3.57. The second-order valence-electron chi connectivity index (χ2n) is 4.78. The largest absolute Gasteiger partial charge is 0.370 e. The smallest absolute Gasteiger partial charge is 0.189 e. The van der Waals surface area contributed by atoms with Crippen molar-refractivity contribution in [1.82, 2.24) is 5.32 Å². The van der Waals surface area contributed by atoms with E-state index in [1.54, 1.807) is 0 Å². The number of guanidine groups is 1. The van der Waals surface area contributed by atoms with Crippen LogP contribution in [0.1, 0.15) is 31.7 Å². The number of rotatable bonds is 3. The molecule has 1 aliphatic carbocycles. The Morgan fingerprint density at radius 1 is 1.53 bits per heavy atom. The van der Waals surface area contributed by atoms with Gasteiger partial charge in [0.1, 0.15) is 0 Å². The number of hydrogen-bond acceptors (Lipinski definition) is 1. The SMILES string of the molecule is CC(C)NC(N)=NC1CC1c1cccc(Cl)c1. The first-order chi connectivity index (χ1) is 8.06. The molecule has 17 heavy (non-hydrogen) atoms. The summed E-state index contributed by atoms with van der Waals surface area (Å²) in [6.45, 7) is 4.09. The Morgan fingerprint density at radius 2 is 2.29 bits per heavy atom. The number of nitrogens with one attached hydrogen (secondary N) is 1. The van der Waals surface area contributed by atoms with Gasteiger partial charge in [-0.3, -0.25) is 0 Å². The van der Waals surface area contributed by atoms with Gasteiger partial charge in [0.2, 0.25) is 0 Å². The zero-order valence-electron chi connectivity index (χ0n) is 10.2. The van der Waals surface area contributed by atoms with Crippen molar-refractivity contribution in [3.63, 3.8) is 0 Å². The van der Waals surface area contributed by atoms with Gasteiger partial charge in [-0.1, -0.05) is 23.7 Å². The van der Waals surface area contributed by atoms with E-state index in [9.17, 15) is 0 Å². The lowest BCUT2D eigenvalue weighted by molar-refractivity contribution is 0.722. The highest BCUT2D eigenvalue weighted by Gasteiger charge is 2.38. The highest BCUT2D eigenvalue weighted by atomic mass is 35.5. The van der Waals surface area contributed by atoms with E-state index in [2.05, 4.69) is 16.4 Å². The van der Waals surface area contributed by atoms with Crippen molar-refractivity contribution in [2.45, 2.75) is 38.3 Å². The van der Waals surface area contributed by atoms with Crippen molar-refractivity contribution >= 4 is 17.6 Å². The molecule has 4 heteroatoms. The molecule has 0 heterocycles. The van der Waals surface area contributed by atoms with Gasteiger partial charge in [-0.2, -0.15) is 0 Å². The topological polar surface area (TPSA) is 50.4 Å². The van der Waals surface area contributed by atoms with Crippen LogP contribution in [0, 0.1) is 0 Å². The number of hydrogen-bond donors (Lipinski definition) is 2. The van der Waals surface area contributed by atoms with Crippen molar-refractivity contribution in [3.05, 3.63) is 34.9 Å². The number of benzene rings is 1. The van der Waals surface area contributed by atoms with Crippen molar-refractivity contribution in [2.75, 3.05) is 0 Å². The minimum atomic E-state index is 0.305. The summed E-state index contributed by atoms with van der Waals surface area (Å²) in [4.78, 5) is 4.46. The maximum absolute atomic E-state index is 5.97. The fraction of sp³-hybridized carbons (Fsp3) is 0.462. The van der Waals surface area contributed by atoms with Crippen LogP contribution < -0.4 is 11.1 Å². The molecular weight excluding hydrogens is 234 g/mol. The monoisotopic (exact) mass is 251 g/mol. The number of nitrogens with zero attached hydrogens (tertiary/aromatic N) is 1. The molecule has 1 aromatic rings. The van der Waals surface area contributed by atoms with E-state index in [-0.39, 0.29) is 0 Å². The van der Waals surface area contributed by atoms with Gasteiger partial charge in [-0.15, -0.1) is 0 Å². The predicted octanol–water partition coefficient (Wildman–Crippen LogP) is 2.51. The molecule has 3 nitrogen and oxygen atoms in total. The van der Waals surface area contributed by atoms with E-state index >= 15 is 0 Å². The minimum absolute atomic E-state index is 0.305. The average molecular weight is 252 g/mol. The van der Waals surface area contributed by atoms with Crippen LogP contribution in [0.3, 0.4) is 0 Å². The number of halogens is 1. The molecule has 0 amide bonds. The Balaban J connectivity index is 1.97. The Bertz CT molecular complexity index is 428. The van der Waals surface area contributed by atoms with Crippen LogP contribution >= 0.6 is 11.6 Å². The molecule has 0 saturated heterocycles. The molecular formula is C13H18ClN3. The standard InChI is InChI=1S/C13H18ClN3/c1-8(2)16-13(15)17-12-7-11(12)9-4-3-5-10(14)6-9/h3-6,8,11-12H,7H2,1-2H3,(H3,15,16,17). The van der Waals surface area contributed by atoms with E-state index in [1.165, 1.54) is 5.56 Å². The highest BCUT2D eigenvalue weighted by Crippen LogP contribution is 2.43. The van der Waals surface area contributed by atoms with Gasteiger partial charge in [-0.05, 0) is 38.0 Å². The maximum Gasteiger partial charge on any atom is 0.189 e. The third-order valence-corrected chi connectivity index (χ3v) is 3.01. The predicted molar refractivity (Wildman–Crippen MR) is 72.5 cm³/mol. The first-order valence-corrected chi connectivity index (χ1v) is 6.29. The molecule has 1 fully saturated rings. The molecule has 1 saturated carbocycles. The molecule has 92 valence electrons. The van der Waals surface area contributed by atoms with E-state index in [0.29, 0.717) is 24.0 Å². The normalized spacial score (nSPS) is 23.9. The maximum atomic E-state index is 5.97. The van der Waals surface area contributed by atoms with Gasteiger partial charge < -0.3 is 11.1 Å². The van der Waals surface area contributed by atoms with Crippen LogP contribution in [0.5, 0.6) is 0 Å². The van der Waals surface area contributed by atoms with Crippen LogP contribution in [-0.2, 0) is 0 Å². The van der Waals surface area contributed by atoms with Gasteiger partial charge in [0, 0.05) is 17.0 Å². The van der Waals surface area contributed by atoms with E-state index in [0.717, 1.165) is 11.4 Å². The van der Waals surface area contributed by atoms with Gasteiger partial charge in [-0.25, -0.2) is 4.99 Å². The summed E-state index contributed by atoms with van der Waals surface area (Å²) >= 11 is 5.97. The lowest BCUT2D eigenvalue weighted by Gasteiger charge is -2.08. The second kappa shape index (κ2) is 4.96. The highest BCUT2D eigenvalue weighted by molar-refractivity contribution is 6.30. The summed E-state index contributed by atoms with van der Waals surface area (Å²) < 4.78 is 0. The van der Waals surface area contributed by atoms with Crippen molar-refractivity contribution in [1.29, 1.82) is 0 Å². The zero-order chi connectivity index (χ0) is 12.4. The molecule has 2 rings (SSSR count). The molecule has 3 N–H and O–H groups in total. The third-order valence-electron chi connectivity index (χ3n) is 2.78. The fourth-order valence-corrected chi connectivity index (χ4v) is 2.13. The quantitative estimate of drug-likeness (QED) is 0.641. The minimum Gasteiger partial charge on any atom is -0.370 e. The summed E-state index contributed by atoms with van der Waals surface area (Å²) in [5.74, 6) is 1.01. The molecule has 0 aliphatic heterocycles. The van der Waals surface area contributed by atoms with Crippen LogP contribution in [0.15, 0.2) is 29.3 Å². The zero-order valence-corrected chi connectivity index (χ0v) is 10.9.